The van der Waals surface area contributed by atoms with E-state index in [9.17, 15) is 4.79 Å². The van der Waals surface area contributed by atoms with Crippen molar-refractivity contribution >= 4 is 17.4 Å². The highest BCUT2D eigenvalue weighted by Crippen LogP contribution is 2.23. The third kappa shape index (κ3) is 3.97. The summed E-state index contributed by atoms with van der Waals surface area (Å²) in [5.41, 5.74) is 0.566. The molecule has 1 fully saturated rings. The van der Waals surface area contributed by atoms with Gasteiger partial charge in [-0.15, -0.1) is 0 Å². The zero-order valence-electron chi connectivity index (χ0n) is 12.2. The third-order valence-electron chi connectivity index (χ3n) is 3.87. The van der Waals surface area contributed by atoms with Gasteiger partial charge in [-0.25, -0.2) is 0 Å². The molecule has 1 atom stereocenters. The molecule has 0 aliphatic carbocycles. The number of benzene rings is 1. The number of hydrogen-bond acceptors (Lipinski definition) is 3. The first-order chi connectivity index (χ1) is 9.60. The van der Waals surface area contributed by atoms with Crippen LogP contribution in [-0.2, 0) is 0 Å². The molecule has 1 aromatic rings. The Morgan fingerprint density at radius 3 is 3.00 bits per heavy atom. The number of halogens is 1. The molecule has 3 nitrogen and oxygen atoms in total. The second-order valence-corrected chi connectivity index (χ2v) is 5.97. The average Bonchev–Trinajstić information content (AvgIpc) is 2.45. The lowest BCUT2D eigenvalue weighted by atomic mass is 9.99. The maximum Gasteiger partial charge on any atom is 0.165 e. The molecule has 0 radical (unpaired) electrons. The lowest BCUT2D eigenvalue weighted by molar-refractivity contribution is 0.0949. The van der Waals surface area contributed by atoms with Gasteiger partial charge in [-0.1, -0.05) is 18.5 Å². The Morgan fingerprint density at radius 2 is 2.30 bits per heavy atom. The first kappa shape index (κ1) is 15.3. The maximum absolute atomic E-state index is 12.3. The van der Waals surface area contributed by atoms with Crippen molar-refractivity contribution in [2.75, 3.05) is 26.7 Å². The molecule has 1 saturated heterocycles. The van der Waals surface area contributed by atoms with Crippen molar-refractivity contribution in [3.8, 4) is 5.75 Å². The Kier molecular flexibility index (Phi) is 5.44. The topological polar surface area (TPSA) is 29.5 Å². The predicted octanol–water partition coefficient (Wildman–Crippen LogP) is 3.65. The van der Waals surface area contributed by atoms with E-state index >= 15 is 0 Å². The second kappa shape index (κ2) is 7.09. The number of ketones is 1. The Bertz CT molecular complexity index is 476. The Labute approximate surface area is 125 Å². The Hall–Kier alpha value is -1.06. The quantitative estimate of drug-likeness (QED) is 0.777. The monoisotopic (exact) mass is 295 g/mol. The molecule has 2 rings (SSSR count). The summed E-state index contributed by atoms with van der Waals surface area (Å²) >= 11 is 6.10. The van der Waals surface area contributed by atoms with E-state index in [1.807, 2.05) is 0 Å². The van der Waals surface area contributed by atoms with Crippen LogP contribution >= 0.6 is 11.6 Å². The molecular weight excluding hydrogens is 274 g/mol. The minimum absolute atomic E-state index is 0.0899. The van der Waals surface area contributed by atoms with Crippen LogP contribution in [0.2, 0.25) is 5.02 Å². The molecule has 20 heavy (non-hydrogen) atoms. The fourth-order valence-electron chi connectivity index (χ4n) is 2.73. The summed E-state index contributed by atoms with van der Waals surface area (Å²) in [5.74, 6) is 1.50. The normalized spacial score (nSPS) is 19.9. The minimum Gasteiger partial charge on any atom is -0.497 e. The molecule has 0 N–H and O–H groups in total. The van der Waals surface area contributed by atoms with Crippen LogP contribution in [0.15, 0.2) is 18.2 Å². The average molecular weight is 296 g/mol. The van der Waals surface area contributed by atoms with Crippen LogP contribution in [0, 0.1) is 5.92 Å². The zero-order chi connectivity index (χ0) is 14.5. The molecule has 0 saturated carbocycles. The van der Waals surface area contributed by atoms with Crippen LogP contribution in [0.25, 0.3) is 0 Å². The van der Waals surface area contributed by atoms with Gasteiger partial charge in [0.05, 0.1) is 12.1 Å². The molecule has 0 amide bonds. The maximum atomic E-state index is 12.3. The van der Waals surface area contributed by atoms with Gasteiger partial charge in [0.25, 0.3) is 0 Å². The summed E-state index contributed by atoms with van der Waals surface area (Å²) in [6.07, 6.45) is 3.04. The Balaban J connectivity index is 1.94. The number of carbonyl (C=O) groups is 1. The Morgan fingerprint density at radius 1 is 1.50 bits per heavy atom. The number of nitrogens with zero attached hydrogens (tertiary/aromatic N) is 1. The van der Waals surface area contributed by atoms with Gasteiger partial charge in [-0.2, -0.15) is 0 Å². The van der Waals surface area contributed by atoms with Gasteiger partial charge < -0.3 is 9.64 Å². The van der Waals surface area contributed by atoms with Crippen molar-refractivity contribution < 1.29 is 9.53 Å². The standard InChI is InChI=1S/C16H22ClNO2/c1-12-4-3-8-18(11-12)9-7-16(19)14-10-13(20-2)5-6-15(14)17/h5-6,10,12H,3-4,7-9,11H2,1-2H3. The highest BCUT2D eigenvalue weighted by Gasteiger charge is 2.18. The van der Waals surface area contributed by atoms with E-state index in [1.54, 1.807) is 25.3 Å². The van der Waals surface area contributed by atoms with Crippen LogP contribution < -0.4 is 4.74 Å². The van der Waals surface area contributed by atoms with Crippen LogP contribution in [0.5, 0.6) is 5.75 Å². The van der Waals surface area contributed by atoms with Crippen molar-refractivity contribution in [3.63, 3.8) is 0 Å². The van der Waals surface area contributed by atoms with E-state index < -0.39 is 0 Å². The number of rotatable bonds is 5. The van der Waals surface area contributed by atoms with Crippen LogP contribution in [0.4, 0.5) is 0 Å². The van der Waals surface area contributed by atoms with Crippen molar-refractivity contribution in [1.29, 1.82) is 0 Å². The fraction of sp³-hybridized carbons (Fsp3) is 0.562. The van der Waals surface area contributed by atoms with E-state index in [1.165, 1.54) is 12.8 Å². The minimum atomic E-state index is 0.0899. The molecule has 0 bridgehead atoms. The van der Waals surface area contributed by atoms with E-state index in [2.05, 4.69) is 11.8 Å². The molecule has 1 unspecified atom stereocenters. The zero-order valence-corrected chi connectivity index (χ0v) is 12.9. The first-order valence-electron chi connectivity index (χ1n) is 7.19. The van der Waals surface area contributed by atoms with Gasteiger partial charge in [0.15, 0.2) is 5.78 Å². The summed E-state index contributed by atoms with van der Waals surface area (Å²) in [4.78, 5) is 14.7. The van der Waals surface area contributed by atoms with E-state index in [0.29, 0.717) is 22.8 Å². The molecule has 1 aliphatic heterocycles. The number of methoxy groups -OCH3 is 1. The summed E-state index contributed by atoms with van der Waals surface area (Å²) in [5, 5.41) is 0.503. The molecule has 1 aliphatic rings. The number of carbonyl (C=O) groups excluding carboxylic acids is 1. The molecule has 0 spiro atoms. The molecule has 4 heteroatoms. The number of hydrogen-bond donors (Lipinski definition) is 0. The third-order valence-corrected chi connectivity index (χ3v) is 4.20. The van der Waals surface area contributed by atoms with E-state index in [4.69, 9.17) is 16.3 Å². The predicted molar refractivity (Wildman–Crippen MR) is 81.8 cm³/mol. The van der Waals surface area contributed by atoms with Crippen LogP contribution in [0.1, 0.15) is 36.5 Å². The lowest BCUT2D eigenvalue weighted by Gasteiger charge is -2.30. The summed E-state index contributed by atoms with van der Waals surface area (Å²) in [6, 6.07) is 5.21. The van der Waals surface area contributed by atoms with E-state index in [0.717, 1.165) is 25.6 Å². The van der Waals surface area contributed by atoms with Crippen LogP contribution in [0.3, 0.4) is 0 Å². The molecule has 0 aromatic heterocycles. The smallest absolute Gasteiger partial charge is 0.165 e. The van der Waals surface area contributed by atoms with Gasteiger partial charge in [-0.05, 0) is 43.5 Å². The first-order valence-corrected chi connectivity index (χ1v) is 7.57. The lowest BCUT2D eigenvalue weighted by Crippen LogP contribution is -2.35. The highest BCUT2D eigenvalue weighted by molar-refractivity contribution is 6.34. The van der Waals surface area contributed by atoms with Gasteiger partial charge in [0.1, 0.15) is 5.75 Å². The number of piperidine rings is 1. The molecular formula is C16H22ClNO2. The summed E-state index contributed by atoms with van der Waals surface area (Å²) < 4.78 is 5.15. The van der Waals surface area contributed by atoms with E-state index in [-0.39, 0.29) is 5.78 Å². The number of Topliss-reactive ketones (excluding diaryl/α,β-unsaturated/α-hetero) is 1. The van der Waals surface area contributed by atoms with Gasteiger partial charge in [0, 0.05) is 25.1 Å². The number of ether oxygens (including phenoxy) is 1. The molecule has 1 heterocycles. The largest absolute Gasteiger partial charge is 0.497 e. The highest BCUT2D eigenvalue weighted by atomic mass is 35.5. The van der Waals surface area contributed by atoms with Crippen molar-refractivity contribution in [1.82, 2.24) is 4.90 Å². The SMILES string of the molecule is COc1ccc(Cl)c(C(=O)CCN2CCCC(C)C2)c1. The molecule has 1 aromatic carbocycles. The second-order valence-electron chi connectivity index (χ2n) is 5.57. The fourth-order valence-corrected chi connectivity index (χ4v) is 2.95. The van der Waals surface area contributed by atoms with Crippen molar-refractivity contribution in [2.45, 2.75) is 26.2 Å². The summed E-state index contributed by atoms with van der Waals surface area (Å²) in [7, 11) is 1.59. The van der Waals surface area contributed by atoms with Crippen molar-refractivity contribution in [3.05, 3.63) is 28.8 Å². The van der Waals surface area contributed by atoms with Gasteiger partial charge >= 0.3 is 0 Å². The van der Waals surface area contributed by atoms with Crippen LogP contribution in [-0.4, -0.2) is 37.4 Å². The number of likely N-dealkylation sites (tertiary alicyclic amines) is 1. The van der Waals surface area contributed by atoms with Gasteiger partial charge in [-0.3, -0.25) is 4.79 Å². The van der Waals surface area contributed by atoms with Crippen molar-refractivity contribution in [2.24, 2.45) is 5.92 Å². The molecule has 110 valence electrons. The van der Waals surface area contributed by atoms with Gasteiger partial charge in [0.2, 0.25) is 0 Å². The summed E-state index contributed by atoms with van der Waals surface area (Å²) in [6.45, 7) is 5.28.